The Morgan fingerprint density at radius 3 is 3.00 bits per heavy atom. The lowest BCUT2D eigenvalue weighted by Gasteiger charge is -1.96. The van der Waals surface area contributed by atoms with Gasteiger partial charge in [0.2, 0.25) is 11.7 Å². The molecular weight excluding hydrogens is 244 g/mol. The van der Waals surface area contributed by atoms with Crippen molar-refractivity contribution in [3.05, 3.63) is 48.1 Å². The van der Waals surface area contributed by atoms with Crippen molar-refractivity contribution >= 4 is 0 Å². The predicted molar refractivity (Wildman–Crippen MR) is 67.4 cm³/mol. The monoisotopic (exact) mass is 256 g/mol. The van der Waals surface area contributed by atoms with Crippen LogP contribution < -0.4 is 0 Å². The molecule has 0 aliphatic carbocycles. The van der Waals surface area contributed by atoms with Crippen LogP contribution in [0.1, 0.15) is 11.5 Å². The Balaban J connectivity index is 1.82. The van der Waals surface area contributed by atoms with Crippen LogP contribution in [0.15, 0.2) is 41.2 Å². The number of rotatable bonds is 3. The maximum Gasteiger partial charge on any atom is 0.231 e. The summed E-state index contributed by atoms with van der Waals surface area (Å²) in [6, 6.07) is 6.98. The van der Waals surface area contributed by atoms with Gasteiger partial charge in [-0.2, -0.15) is 10.1 Å². The molecule has 0 fully saturated rings. The van der Waals surface area contributed by atoms with Crippen LogP contribution in [-0.4, -0.2) is 25.0 Å². The summed E-state index contributed by atoms with van der Waals surface area (Å²) in [4.78, 5) is 4.31. The summed E-state index contributed by atoms with van der Waals surface area (Å²) in [6.07, 6.45) is 3.99. The minimum absolute atomic E-state index is 0.226. The predicted octanol–water partition coefficient (Wildman–Crippen LogP) is 1.77. The van der Waals surface area contributed by atoms with Crippen molar-refractivity contribution in [1.82, 2.24) is 19.9 Å². The van der Waals surface area contributed by atoms with Crippen molar-refractivity contribution in [3.63, 3.8) is 0 Å². The van der Waals surface area contributed by atoms with Gasteiger partial charge in [0.05, 0.1) is 18.2 Å². The number of aromatic nitrogens is 4. The van der Waals surface area contributed by atoms with E-state index in [-0.39, 0.29) is 5.75 Å². The molecule has 3 aromatic rings. The van der Waals surface area contributed by atoms with E-state index in [1.165, 1.54) is 0 Å². The normalized spacial score (nSPS) is 10.8. The van der Waals surface area contributed by atoms with E-state index in [9.17, 15) is 5.11 Å². The second-order valence-electron chi connectivity index (χ2n) is 4.26. The van der Waals surface area contributed by atoms with Crippen LogP contribution in [0.5, 0.6) is 5.75 Å². The summed E-state index contributed by atoms with van der Waals surface area (Å²) in [5.74, 6) is 1.25. The maximum atomic E-state index is 9.40. The topological polar surface area (TPSA) is 77.0 Å². The molecule has 0 atom stereocenters. The minimum Gasteiger partial charge on any atom is -0.508 e. The number of hydrogen-bond donors (Lipinski definition) is 1. The van der Waals surface area contributed by atoms with Gasteiger partial charge in [0, 0.05) is 13.2 Å². The molecule has 6 heteroatoms. The Morgan fingerprint density at radius 1 is 1.37 bits per heavy atom. The van der Waals surface area contributed by atoms with E-state index in [0.29, 0.717) is 18.1 Å². The molecular formula is C13H12N4O2. The largest absolute Gasteiger partial charge is 0.508 e. The number of aryl methyl sites for hydroxylation is 1. The molecule has 1 aromatic carbocycles. The van der Waals surface area contributed by atoms with Crippen LogP contribution in [0.3, 0.4) is 0 Å². The van der Waals surface area contributed by atoms with Gasteiger partial charge in [-0.25, -0.2) is 0 Å². The van der Waals surface area contributed by atoms with Gasteiger partial charge in [0.25, 0.3) is 0 Å². The average molecular weight is 256 g/mol. The van der Waals surface area contributed by atoms with E-state index in [0.717, 1.165) is 11.1 Å². The summed E-state index contributed by atoms with van der Waals surface area (Å²) < 4.78 is 6.87. The molecule has 2 aromatic heterocycles. The van der Waals surface area contributed by atoms with Crippen molar-refractivity contribution in [2.75, 3.05) is 0 Å². The van der Waals surface area contributed by atoms with Gasteiger partial charge in [-0.05, 0) is 17.7 Å². The Morgan fingerprint density at radius 2 is 2.26 bits per heavy atom. The van der Waals surface area contributed by atoms with Crippen LogP contribution in [0.25, 0.3) is 11.4 Å². The summed E-state index contributed by atoms with van der Waals surface area (Å²) in [5.41, 5.74) is 1.73. The fraction of sp³-hybridized carbons (Fsp3) is 0.154. The summed E-state index contributed by atoms with van der Waals surface area (Å²) in [7, 11) is 1.83. The fourth-order valence-corrected chi connectivity index (χ4v) is 1.82. The summed E-state index contributed by atoms with van der Waals surface area (Å²) >= 11 is 0. The number of phenolic OH excluding ortho intramolecular Hbond substituents is 1. The third-order valence-electron chi connectivity index (χ3n) is 2.70. The molecule has 0 aliphatic heterocycles. The first-order valence-corrected chi connectivity index (χ1v) is 5.80. The highest BCUT2D eigenvalue weighted by Gasteiger charge is 2.10. The van der Waals surface area contributed by atoms with E-state index in [1.54, 1.807) is 29.1 Å². The van der Waals surface area contributed by atoms with E-state index >= 15 is 0 Å². The molecule has 0 saturated heterocycles. The molecule has 0 bridgehead atoms. The van der Waals surface area contributed by atoms with Crippen molar-refractivity contribution in [2.45, 2.75) is 6.42 Å². The van der Waals surface area contributed by atoms with Gasteiger partial charge in [-0.1, -0.05) is 17.3 Å². The van der Waals surface area contributed by atoms with Gasteiger partial charge >= 0.3 is 0 Å². The maximum absolute atomic E-state index is 9.40. The molecule has 6 nitrogen and oxygen atoms in total. The quantitative estimate of drug-likeness (QED) is 0.772. The number of nitrogens with zero attached hydrogens (tertiary/aromatic N) is 4. The van der Waals surface area contributed by atoms with Gasteiger partial charge in [0.1, 0.15) is 5.75 Å². The molecule has 0 saturated carbocycles. The molecule has 0 unspecified atom stereocenters. The third kappa shape index (κ3) is 2.47. The average Bonchev–Trinajstić information content (AvgIpc) is 2.98. The van der Waals surface area contributed by atoms with Crippen molar-refractivity contribution in [2.24, 2.45) is 7.05 Å². The SMILES string of the molecule is Cn1cc(-c2noc(Cc3cccc(O)c3)n2)cn1. The fourth-order valence-electron chi connectivity index (χ4n) is 1.82. The summed E-state index contributed by atoms with van der Waals surface area (Å²) in [5, 5.41) is 17.4. The second-order valence-corrected chi connectivity index (χ2v) is 4.26. The highest BCUT2D eigenvalue weighted by molar-refractivity contribution is 5.51. The number of phenols is 1. The minimum atomic E-state index is 0.226. The lowest BCUT2D eigenvalue weighted by molar-refractivity contribution is 0.385. The van der Waals surface area contributed by atoms with Crippen molar-refractivity contribution < 1.29 is 9.63 Å². The van der Waals surface area contributed by atoms with Gasteiger partial charge in [-0.3, -0.25) is 4.68 Å². The first-order chi connectivity index (χ1) is 9.20. The van der Waals surface area contributed by atoms with E-state index in [1.807, 2.05) is 19.3 Å². The Hall–Kier alpha value is -2.63. The smallest absolute Gasteiger partial charge is 0.231 e. The van der Waals surface area contributed by atoms with Gasteiger partial charge < -0.3 is 9.63 Å². The van der Waals surface area contributed by atoms with Crippen molar-refractivity contribution in [1.29, 1.82) is 0 Å². The van der Waals surface area contributed by atoms with E-state index in [4.69, 9.17) is 4.52 Å². The molecule has 0 aliphatic rings. The first kappa shape index (κ1) is 11.5. The summed E-state index contributed by atoms with van der Waals surface area (Å²) in [6.45, 7) is 0. The van der Waals surface area contributed by atoms with E-state index < -0.39 is 0 Å². The number of benzene rings is 1. The second kappa shape index (κ2) is 4.56. The molecule has 19 heavy (non-hydrogen) atoms. The molecule has 1 N–H and O–H groups in total. The van der Waals surface area contributed by atoms with Crippen molar-refractivity contribution in [3.8, 4) is 17.1 Å². The lowest BCUT2D eigenvalue weighted by atomic mass is 10.1. The zero-order chi connectivity index (χ0) is 13.2. The highest BCUT2D eigenvalue weighted by Crippen LogP contribution is 2.17. The third-order valence-corrected chi connectivity index (χ3v) is 2.70. The molecule has 0 spiro atoms. The molecule has 96 valence electrons. The zero-order valence-electron chi connectivity index (χ0n) is 10.3. The standard InChI is InChI=1S/C13H12N4O2/c1-17-8-10(7-14-17)13-15-12(19-16-13)6-9-3-2-4-11(18)5-9/h2-5,7-8,18H,6H2,1H3. The van der Waals surface area contributed by atoms with Gasteiger partial charge in [0.15, 0.2) is 0 Å². The van der Waals surface area contributed by atoms with Crippen LogP contribution in [0, 0.1) is 0 Å². The van der Waals surface area contributed by atoms with Crippen LogP contribution in [0.2, 0.25) is 0 Å². The lowest BCUT2D eigenvalue weighted by Crippen LogP contribution is -1.88. The highest BCUT2D eigenvalue weighted by atomic mass is 16.5. The van der Waals surface area contributed by atoms with Crippen LogP contribution in [0.4, 0.5) is 0 Å². The zero-order valence-corrected chi connectivity index (χ0v) is 10.3. The Bertz CT molecular complexity index is 702. The van der Waals surface area contributed by atoms with Crippen LogP contribution >= 0.6 is 0 Å². The Labute approximate surface area is 109 Å². The van der Waals surface area contributed by atoms with Crippen LogP contribution in [-0.2, 0) is 13.5 Å². The molecule has 0 amide bonds. The molecule has 0 radical (unpaired) electrons. The molecule has 3 rings (SSSR count). The van der Waals surface area contributed by atoms with Gasteiger partial charge in [-0.15, -0.1) is 0 Å². The molecule has 2 heterocycles. The van der Waals surface area contributed by atoms with E-state index in [2.05, 4.69) is 15.2 Å². The number of hydrogen-bond acceptors (Lipinski definition) is 5. The Kier molecular flexibility index (Phi) is 2.75. The first-order valence-electron chi connectivity index (χ1n) is 5.80. The number of aromatic hydroxyl groups is 1.